The number of sulfone groups is 1. The second kappa shape index (κ2) is 7.96. The monoisotopic (exact) mass is 435 g/mol. The molecule has 154 valence electrons. The van der Waals surface area contributed by atoms with Crippen molar-refractivity contribution in [1.82, 2.24) is 4.90 Å². The van der Waals surface area contributed by atoms with E-state index in [4.69, 9.17) is 5.73 Å². The molecule has 0 unspecified atom stereocenters. The van der Waals surface area contributed by atoms with Gasteiger partial charge in [0.05, 0.1) is 23.4 Å². The lowest BCUT2D eigenvalue weighted by atomic mass is 10.0. The highest BCUT2D eigenvalue weighted by atomic mass is 32.2. The van der Waals surface area contributed by atoms with Gasteiger partial charge < -0.3 is 16.0 Å². The molecule has 2 heterocycles. The van der Waals surface area contributed by atoms with Crippen LogP contribution in [0.4, 0.5) is 5.00 Å². The Morgan fingerprint density at radius 2 is 1.86 bits per heavy atom. The molecule has 3 N–H and O–H groups in total. The Hall–Kier alpha value is -2.72. The Bertz CT molecular complexity index is 1090. The predicted molar refractivity (Wildman–Crippen MR) is 110 cm³/mol. The average Bonchev–Trinajstić information content (AvgIpc) is 2.98. The van der Waals surface area contributed by atoms with Crippen molar-refractivity contribution >= 4 is 43.9 Å². The number of carbonyl (C=O) groups excluding carboxylic acids is 3. The van der Waals surface area contributed by atoms with Crippen LogP contribution in [0, 0.1) is 0 Å². The van der Waals surface area contributed by atoms with Crippen molar-refractivity contribution in [3.8, 4) is 0 Å². The van der Waals surface area contributed by atoms with E-state index in [0.717, 1.165) is 16.7 Å². The van der Waals surface area contributed by atoms with Gasteiger partial charge in [-0.3, -0.25) is 14.4 Å². The largest absolute Gasteiger partial charge is 0.365 e. The van der Waals surface area contributed by atoms with Gasteiger partial charge in [0.2, 0.25) is 11.8 Å². The third kappa shape index (κ3) is 4.65. The molecule has 1 aliphatic heterocycles. The van der Waals surface area contributed by atoms with Gasteiger partial charge in [-0.05, 0) is 29.7 Å². The summed E-state index contributed by atoms with van der Waals surface area (Å²) in [6.45, 7) is 2.38. The quantitative estimate of drug-likeness (QED) is 0.733. The lowest BCUT2D eigenvalue weighted by Crippen LogP contribution is -2.34. The maximum atomic E-state index is 12.5. The number of primary amides is 1. The summed E-state index contributed by atoms with van der Waals surface area (Å²) in [5.74, 6) is -1.01. The number of carbonyl (C=O) groups is 3. The zero-order chi connectivity index (χ0) is 21.3. The highest BCUT2D eigenvalue weighted by Crippen LogP contribution is 2.37. The molecule has 3 amide bonds. The third-order valence-corrected chi connectivity index (χ3v) is 6.98. The number of nitrogens with two attached hydrogens (primary N) is 1. The summed E-state index contributed by atoms with van der Waals surface area (Å²) in [6.07, 6.45) is 1.64. The fourth-order valence-corrected chi connectivity index (χ4v) is 5.15. The van der Waals surface area contributed by atoms with E-state index in [-0.39, 0.29) is 23.1 Å². The van der Waals surface area contributed by atoms with Crippen molar-refractivity contribution in [3.05, 3.63) is 45.8 Å². The molecule has 0 fully saturated rings. The standard InChI is InChI=1S/C19H21N3O5S2/c1-11(23)22-8-7-14-15(10-22)28-19(17(14)18(20)25)21-16(24)9-12-3-5-13(6-4-12)29(2,26)27/h3-6H,7-10H2,1-2H3,(H2,20,25)(H,21,24). The summed E-state index contributed by atoms with van der Waals surface area (Å²) >= 11 is 1.25. The van der Waals surface area contributed by atoms with Crippen LogP contribution in [0.1, 0.15) is 33.3 Å². The predicted octanol–water partition coefficient (Wildman–Crippen LogP) is 1.34. The number of hydrogen-bond acceptors (Lipinski definition) is 6. The van der Waals surface area contributed by atoms with Crippen molar-refractivity contribution in [2.24, 2.45) is 5.73 Å². The molecular formula is C19H21N3O5S2. The fraction of sp³-hybridized carbons (Fsp3) is 0.316. The number of nitrogens with zero attached hydrogens (tertiary/aromatic N) is 1. The molecule has 0 spiro atoms. The van der Waals surface area contributed by atoms with Gasteiger partial charge in [-0.15, -0.1) is 11.3 Å². The normalized spacial score (nSPS) is 13.7. The van der Waals surface area contributed by atoms with Crippen LogP contribution in [0.25, 0.3) is 0 Å². The highest BCUT2D eigenvalue weighted by molar-refractivity contribution is 7.90. The Kier molecular flexibility index (Phi) is 5.76. The van der Waals surface area contributed by atoms with Gasteiger partial charge in [0.15, 0.2) is 9.84 Å². The summed E-state index contributed by atoms with van der Waals surface area (Å²) in [4.78, 5) is 38.8. The number of hydrogen-bond donors (Lipinski definition) is 2. The van der Waals surface area contributed by atoms with E-state index in [1.807, 2.05) is 0 Å². The van der Waals surface area contributed by atoms with Crippen molar-refractivity contribution in [2.45, 2.75) is 31.2 Å². The number of rotatable bonds is 5. The minimum absolute atomic E-state index is 0.0182. The topological polar surface area (TPSA) is 127 Å². The van der Waals surface area contributed by atoms with E-state index >= 15 is 0 Å². The van der Waals surface area contributed by atoms with Crippen molar-refractivity contribution in [3.63, 3.8) is 0 Å². The third-order valence-electron chi connectivity index (χ3n) is 4.72. The summed E-state index contributed by atoms with van der Waals surface area (Å²) < 4.78 is 23.0. The van der Waals surface area contributed by atoms with Gasteiger partial charge in [0, 0.05) is 24.6 Å². The molecule has 0 atom stereocenters. The number of benzene rings is 1. The maximum absolute atomic E-state index is 12.5. The lowest BCUT2D eigenvalue weighted by Gasteiger charge is -2.25. The molecular weight excluding hydrogens is 414 g/mol. The smallest absolute Gasteiger partial charge is 0.251 e. The molecule has 1 aromatic carbocycles. The first-order valence-corrected chi connectivity index (χ1v) is 11.6. The van der Waals surface area contributed by atoms with Crippen molar-refractivity contribution < 1.29 is 22.8 Å². The minimum atomic E-state index is -3.30. The lowest BCUT2D eigenvalue weighted by molar-refractivity contribution is -0.129. The second-order valence-electron chi connectivity index (χ2n) is 6.90. The van der Waals surface area contributed by atoms with Gasteiger partial charge >= 0.3 is 0 Å². The van der Waals surface area contributed by atoms with E-state index < -0.39 is 15.7 Å². The Balaban J connectivity index is 1.78. The number of amides is 3. The van der Waals surface area contributed by atoms with E-state index in [1.54, 1.807) is 17.0 Å². The summed E-state index contributed by atoms with van der Waals surface area (Å²) in [7, 11) is -3.30. The zero-order valence-corrected chi connectivity index (χ0v) is 17.7. The van der Waals surface area contributed by atoms with Gasteiger partial charge in [-0.2, -0.15) is 0 Å². The number of anilines is 1. The van der Waals surface area contributed by atoms with Gasteiger partial charge in [0.25, 0.3) is 5.91 Å². The molecule has 1 aliphatic rings. The summed E-state index contributed by atoms with van der Waals surface area (Å²) in [6, 6.07) is 6.06. The van der Waals surface area contributed by atoms with Crippen LogP contribution in [-0.4, -0.2) is 43.8 Å². The van der Waals surface area contributed by atoms with Crippen LogP contribution in [-0.2, 0) is 38.8 Å². The Morgan fingerprint density at radius 3 is 2.41 bits per heavy atom. The second-order valence-corrected chi connectivity index (χ2v) is 10.0. The molecule has 2 aromatic rings. The van der Waals surface area contributed by atoms with Gasteiger partial charge in [-0.1, -0.05) is 12.1 Å². The van der Waals surface area contributed by atoms with Crippen molar-refractivity contribution in [2.75, 3.05) is 18.1 Å². The van der Waals surface area contributed by atoms with Crippen LogP contribution >= 0.6 is 11.3 Å². The summed E-state index contributed by atoms with van der Waals surface area (Å²) in [5, 5.41) is 3.12. The van der Waals surface area contributed by atoms with Gasteiger partial charge in [-0.25, -0.2) is 8.42 Å². The molecule has 0 aliphatic carbocycles. The maximum Gasteiger partial charge on any atom is 0.251 e. The molecule has 0 saturated heterocycles. The van der Waals surface area contributed by atoms with Crippen LogP contribution in [0.15, 0.2) is 29.2 Å². The first kappa shape index (κ1) is 21.0. The van der Waals surface area contributed by atoms with E-state index in [0.29, 0.717) is 35.6 Å². The van der Waals surface area contributed by atoms with E-state index in [9.17, 15) is 22.8 Å². The Labute approximate surface area is 172 Å². The van der Waals surface area contributed by atoms with E-state index in [2.05, 4.69) is 5.32 Å². The summed E-state index contributed by atoms with van der Waals surface area (Å²) in [5.41, 5.74) is 7.27. The molecule has 29 heavy (non-hydrogen) atoms. The van der Waals surface area contributed by atoms with Crippen LogP contribution in [0.5, 0.6) is 0 Å². The molecule has 8 nitrogen and oxygen atoms in total. The SMILES string of the molecule is CC(=O)N1CCc2c(sc(NC(=O)Cc3ccc(S(C)(=O)=O)cc3)c2C(N)=O)C1. The van der Waals surface area contributed by atoms with Crippen LogP contribution in [0.2, 0.25) is 0 Å². The molecule has 0 bridgehead atoms. The average molecular weight is 436 g/mol. The fourth-order valence-electron chi connectivity index (χ4n) is 3.23. The van der Waals surface area contributed by atoms with Crippen molar-refractivity contribution in [1.29, 1.82) is 0 Å². The van der Waals surface area contributed by atoms with Crippen LogP contribution in [0.3, 0.4) is 0 Å². The first-order chi connectivity index (χ1) is 13.6. The number of fused-ring (bicyclic) bond motifs is 1. The molecule has 1 aromatic heterocycles. The first-order valence-electron chi connectivity index (χ1n) is 8.85. The number of thiophene rings is 1. The molecule has 3 rings (SSSR count). The molecule has 10 heteroatoms. The zero-order valence-electron chi connectivity index (χ0n) is 16.0. The van der Waals surface area contributed by atoms with Gasteiger partial charge in [0.1, 0.15) is 5.00 Å². The highest BCUT2D eigenvalue weighted by Gasteiger charge is 2.28. The minimum Gasteiger partial charge on any atom is -0.365 e. The number of nitrogens with one attached hydrogen (secondary N) is 1. The Morgan fingerprint density at radius 1 is 1.21 bits per heavy atom. The molecule has 0 saturated carbocycles. The molecule has 0 radical (unpaired) electrons. The van der Waals surface area contributed by atoms with Crippen LogP contribution < -0.4 is 11.1 Å². The van der Waals surface area contributed by atoms with E-state index in [1.165, 1.54) is 30.4 Å².